The molecule has 1 spiro atoms. The van der Waals surface area contributed by atoms with Crippen molar-refractivity contribution in [1.29, 1.82) is 0 Å². The van der Waals surface area contributed by atoms with Gasteiger partial charge in [0.05, 0.1) is 37.6 Å². The number of alkyl halides is 3. The summed E-state index contributed by atoms with van der Waals surface area (Å²) >= 11 is 0. The SMILES string of the molecule is O=C1NC2(CCOc3ccc(C(F)(F)F)cc3S(=O)(=O)N3C[C@H](OCc4cn(Cc5ccccc5)nn4)C[C@@H]13)CCN(Cc1cncnc1)CC2. The van der Waals surface area contributed by atoms with Crippen molar-refractivity contribution in [3.63, 3.8) is 0 Å². The number of nitrogens with zero attached hydrogens (tertiary/aromatic N) is 7. The van der Waals surface area contributed by atoms with Gasteiger partial charge in [0.1, 0.15) is 28.7 Å². The molecule has 1 amide bonds. The summed E-state index contributed by atoms with van der Waals surface area (Å²) in [7, 11) is -4.67. The van der Waals surface area contributed by atoms with E-state index in [1.807, 2.05) is 30.3 Å². The van der Waals surface area contributed by atoms with Crippen LogP contribution in [-0.2, 0) is 45.4 Å². The number of carbonyl (C=O) groups is 1. The zero-order chi connectivity index (χ0) is 35.6. The highest BCUT2D eigenvalue weighted by Crippen LogP contribution is 2.39. The van der Waals surface area contributed by atoms with Crippen LogP contribution in [0.5, 0.6) is 5.75 Å². The molecule has 2 fully saturated rings. The number of amides is 1. The minimum absolute atomic E-state index is 0.00538. The van der Waals surface area contributed by atoms with E-state index in [0.29, 0.717) is 57.2 Å². The zero-order valence-corrected chi connectivity index (χ0v) is 28.4. The van der Waals surface area contributed by atoms with Crippen molar-refractivity contribution in [2.75, 3.05) is 26.2 Å². The Hall–Kier alpha value is -4.45. The van der Waals surface area contributed by atoms with Crippen LogP contribution in [0, 0.1) is 0 Å². The van der Waals surface area contributed by atoms with Crippen LogP contribution >= 0.6 is 0 Å². The predicted molar refractivity (Wildman–Crippen MR) is 175 cm³/mol. The Morgan fingerprint density at radius 1 is 1.00 bits per heavy atom. The number of halogens is 3. The van der Waals surface area contributed by atoms with Crippen LogP contribution in [0.2, 0.25) is 0 Å². The van der Waals surface area contributed by atoms with Gasteiger partial charge in [0.15, 0.2) is 0 Å². The maximum absolute atomic E-state index is 14.2. The molecule has 3 aliphatic heterocycles. The van der Waals surface area contributed by atoms with Crippen LogP contribution in [0.15, 0.2) is 78.3 Å². The monoisotopic (exact) mass is 726 g/mol. The molecule has 7 rings (SSSR count). The molecule has 4 aromatic rings. The highest BCUT2D eigenvalue weighted by molar-refractivity contribution is 7.89. The molecular weight excluding hydrogens is 689 g/mol. The highest BCUT2D eigenvalue weighted by Gasteiger charge is 2.48. The Morgan fingerprint density at radius 2 is 1.76 bits per heavy atom. The number of carbonyl (C=O) groups excluding carboxylic acids is 1. The summed E-state index contributed by atoms with van der Waals surface area (Å²) in [6.45, 7) is 2.10. The van der Waals surface area contributed by atoms with Gasteiger partial charge in [-0.25, -0.2) is 23.1 Å². The number of aromatic nitrogens is 5. The molecule has 0 bridgehead atoms. The third-order valence-corrected chi connectivity index (χ3v) is 11.6. The molecule has 0 unspecified atom stereocenters. The molecule has 0 saturated carbocycles. The Kier molecular flexibility index (Phi) is 9.80. The molecule has 17 heteroatoms. The van der Waals surface area contributed by atoms with Gasteiger partial charge in [0.2, 0.25) is 15.9 Å². The lowest BCUT2D eigenvalue weighted by atomic mass is 9.84. The van der Waals surface area contributed by atoms with Crippen LogP contribution in [0.25, 0.3) is 0 Å². The fraction of sp³-hybridized carbons (Fsp3) is 0.441. The molecule has 5 heterocycles. The first-order valence-electron chi connectivity index (χ1n) is 16.7. The number of fused-ring (bicyclic) bond motifs is 2. The van der Waals surface area contributed by atoms with E-state index in [4.69, 9.17) is 9.47 Å². The van der Waals surface area contributed by atoms with E-state index in [2.05, 4.69) is 30.5 Å². The number of rotatable bonds is 7. The number of ether oxygens (including phenoxy) is 2. The van der Waals surface area contributed by atoms with Crippen molar-refractivity contribution in [2.24, 2.45) is 0 Å². The van der Waals surface area contributed by atoms with E-state index in [1.165, 1.54) is 6.33 Å². The number of hydrogen-bond donors (Lipinski definition) is 1. The standard InChI is InChI=1S/C34H37F3N8O5S/c35-34(36,37)26-6-7-30-31(14-26)51(47,48)45-21-28(50-22-27-20-44(42-41-27)19-24-4-2-1-3-5-24)15-29(45)32(46)40-33(10-13-49-30)8-11-43(12-9-33)18-25-16-38-23-39-17-25/h1-7,14,16-17,20,23,28-29H,8-13,15,18-19,21-22H2,(H,40,46)/t28-,29+/m1/s1. The first kappa shape index (κ1) is 35.0. The van der Waals surface area contributed by atoms with Crippen LogP contribution < -0.4 is 10.1 Å². The molecule has 1 N–H and O–H groups in total. The van der Waals surface area contributed by atoms with Crippen molar-refractivity contribution in [3.8, 4) is 5.75 Å². The Balaban J connectivity index is 1.13. The van der Waals surface area contributed by atoms with Gasteiger partial charge in [0.25, 0.3) is 0 Å². The average Bonchev–Trinajstić information content (AvgIpc) is 3.76. The molecule has 2 saturated heterocycles. The molecular formula is C34H37F3N8O5S. The molecule has 51 heavy (non-hydrogen) atoms. The van der Waals surface area contributed by atoms with Gasteiger partial charge in [-0.1, -0.05) is 35.5 Å². The molecule has 270 valence electrons. The second-order valence-corrected chi connectivity index (χ2v) is 15.1. The number of sulfonamides is 1. The van der Waals surface area contributed by atoms with E-state index in [0.717, 1.165) is 27.6 Å². The largest absolute Gasteiger partial charge is 0.492 e. The summed E-state index contributed by atoms with van der Waals surface area (Å²) < 4.78 is 84.6. The lowest BCUT2D eigenvalue weighted by molar-refractivity contribution is -0.137. The van der Waals surface area contributed by atoms with Crippen molar-refractivity contribution in [2.45, 2.75) is 74.1 Å². The summed E-state index contributed by atoms with van der Waals surface area (Å²) in [5, 5.41) is 11.5. The maximum atomic E-state index is 14.2. The van der Waals surface area contributed by atoms with E-state index in [-0.39, 0.29) is 31.9 Å². The van der Waals surface area contributed by atoms with Crippen molar-refractivity contribution in [3.05, 3.63) is 95.8 Å². The Morgan fingerprint density at radius 3 is 2.51 bits per heavy atom. The second kappa shape index (κ2) is 14.3. The smallest absolute Gasteiger partial charge is 0.416 e. The summed E-state index contributed by atoms with van der Waals surface area (Å²) in [4.78, 5) is 23.9. The zero-order valence-electron chi connectivity index (χ0n) is 27.6. The van der Waals surface area contributed by atoms with E-state index >= 15 is 0 Å². The van der Waals surface area contributed by atoms with E-state index < -0.39 is 50.3 Å². The maximum Gasteiger partial charge on any atom is 0.416 e. The molecule has 2 aromatic heterocycles. The fourth-order valence-corrected chi connectivity index (χ4v) is 8.72. The minimum Gasteiger partial charge on any atom is -0.492 e. The third kappa shape index (κ3) is 7.90. The number of nitrogens with one attached hydrogen (secondary N) is 1. The van der Waals surface area contributed by atoms with Crippen LogP contribution in [-0.4, -0.2) is 92.4 Å². The van der Waals surface area contributed by atoms with Gasteiger partial charge in [-0.05, 0) is 36.6 Å². The van der Waals surface area contributed by atoms with Crippen LogP contribution in [0.1, 0.15) is 48.1 Å². The van der Waals surface area contributed by atoms with Gasteiger partial charge in [0, 0.05) is 62.5 Å². The molecule has 0 aliphatic carbocycles. The average molecular weight is 727 g/mol. The highest BCUT2D eigenvalue weighted by atomic mass is 32.2. The van der Waals surface area contributed by atoms with E-state index in [9.17, 15) is 26.4 Å². The third-order valence-electron chi connectivity index (χ3n) is 9.68. The molecule has 2 atom stereocenters. The quantitative estimate of drug-likeness (QED) is 0.301. The number of piperidine rings is 1. The van der Waals surface area contributed by atoms with Gasteiger partial charge < -0.3 is 14.8 Å². The summed E-state index contributed by atoms with van der Waals surface area (Å²) in [6.07, 6.45) is 2.56. The first-order valence-corrected chi connectivity index (χ1v) is 18.1. The van der Waals surface area contributed by atoms with Gasteiger partial charge in [-0.15, -0.1) is 5.10 Å². The lowest BCUT2D eigenvalue weighted by Crippen LogP contribution is -2.59. The van der Waals surface area contributed by atoms with Crippen molar-refractivity contribution >= 4 is 15.9 Å². The van der Waals surface area contributed by atoms with Gasteiger partial charge in [-0.3, -0.25) is 9.69 Å². The summed E-state index contributed by atoms with van der Waals surface area (Å²) in [6, 6.07) is 10.9. The Labute approximate surface area is 292 Å². The summed E-state index contributed by atoms with van der Waals surface area (Å²) in [5.74, 6) is -0.731. The second-order valence-electron chi connectivity index (χ2n) is 13.2. The minimum atomic E-state index is -4.80. The number of hydrogen-bond acceptors (Lipinski definition) is 10. The molecule has 0 radical (unpaired) electrons. The topological polar surface area (TPSA) is 145 Å². The van der Waals surface area contributed by atoms with Crippen molar-refractivity contribution in [1.82, 2.24) is 39.5 Å². The van der Waals surface area contributed by atoms with Crippen LogP contribution in [0.4, 0.5) is 13.2 Å². The fourth-order valence-electron chi connectivity index (χ4n) is 6.93. The van der Waals surface area contributed by atoms with Crippen LogP contribution in [0.3, 0.4) is 0 Å². The molecule has 3 aliphatic rings. The predicted octanol–water partition coefficient (Wildman–Crippen LogP) is 3.42. The van der Waals surface area contributed by atoms with Gasteiger partial charge in [-0.2, -0.15) is 17.5 Å². The van der Waals surface area contributed by atoms with E-state index in [1.54, 1.807) is 23.3 Å². The molecule has 13 nitrogen and oxygen atoms in total. The first-order chi connectivity index (χ1) is 24.5. The summed E-state index contributed by atoms with van der Waals surface area (Å²) in [5.41, 5.74) is 0.616. The number of likely N-dealkylation sites (tertiary alicyclic amines) is 1. The number of benzene rings is 2. The normalized spacial score (nSPS) is 22.4. The van der Waals surface area contributed by atoms with Crippen molar-refractivity contribution < 1.29 is 35.9 Å². The Bertz CT molecular complexity index is 1940. The molecule has 2 aromatic carbocycles. The van der Waals surface area contributed by atoms with Gasteiger partial charge >= 0.3 is 6.18 Å². The lowest BCUT2D eigenvalue weighted by Gasteiger charge is -2.43.